The van der Waals surface area contributed by atoms with Crippen LogP contribution in [0.25, 0.3) is 11.2 Å². The van der Waals surface area contributed by atoms with Crippen LogP contribution < -0.4 is 9.64 Å². The lowest BCUT2D eigenvalue weighted by atomic mass is 10.2. The van der Waals surface area contributed by atoms with Gasteiger partial charge in [-0.2, -0.15) is 0 Å². The van der Waals surface area contributed by atoms with Gasteiger partial charge in [0, 0.05) is 33.2 Å². The normalized spacial score (nSPS) is 14.6. The van der Waals surface area contributed by atoms with Crippen LogP contribution in [0.4, 0.5) is 5.82 Å². The van der Waals surface area contributed by atoms with Gasteiger partial charge in [0.2, 0.25) is 0 Å². The van der Waals surface area contributed by atoms with Crippen molar-refractivity contribution in [2.24, 2.45) is 7.05 Å². The summed E-state index contributed by atoms with van der Waals surface area (Å²) in [5.41, 5.74) is 2.40. The quantitative estimate of drug-likeness (QED) is 0.674. The van der Waals surface area contributed by atoms with Gasteiger partial charge in [-0.3, -0.25) is 4.79 Å². The highest BCUT2D eigenvalue weighted by Gasteiger charge is 2.24. The Bertz CT molecular complexity index is 963. The number of anilines is 1. The molecule has 4 rings (SSSR count). The molecule has 1 saturated heterocycles. The Kier molecular flexibility index (Phi) is 4.57. The number of hydrogen-bond acceptors (Lipinski definition) is 7. The van der Waals surface area contributed by atoms with E-state index in [9.17, 15) is 4.79 Å². The zero-order chi connectivity index (χ0) is 18.8. The average molecular weight is 367 g/mol. The molecule has 0 aliphatic carbocycles. The molecule has 0 saturated carbocycles. The number of aryl methyl sites for hydroxylation is 2. The van der Waals surface area contributed by atoms with Gasteiger partial charge in [0.1, 0.15) is 12.1 Å². The summed E-state index contributed by atoms with van der Waals surface area (Å²) in [6.45, 7) is 4.60. The number of benzene rings is 1. The standard InChI is InChI=1S/C18H21N7O2/c1-13-5-3-4-6-14(13)27-11-15(26)24-7-9-25(10-8-24)18-16-17(19-12-20-18)23(2)22-21-16/h3-6,12H,7-11H2,1-2H3. The van der Waals surface area contributed by atoms with Crippen LogP contribution in [0.1, 0.15) is 5.56 Å². The zero-order valence-electron chi connectivity index (χ0n) is 15.4. The molecule has 1 fully saturated rings. The Morgan fingerprint density at radius 2 is 1.93 bits per heavy atom. The van der Waals surface area contributed by atoms with E-state index >= 15 is 0 Å². The minimum atomic E-state index is -0.00904. The first kappa shape index (κ1) is 17.2. The molecule has 1 aliphatic heterocycles. The van der Waals surface area contributed by atoms with E-state index < -0.39 is 0 Å². The van der Waals surface area contributed by atoms with Crippen LogP contribution in [-0.2, 0) is 11.8 Å². The molecule has 1 aromatic carbocycles. The van der Waals surface area contributed by atoms with E-state index in [4.69, 9.17) is 4.74 Å². The molecule has 0 radical (unpaired) electrons. The molecule has 0 N–H and O–H groups in total. The maximum atomic E-state index is 12.5. The van der Waals surface area contributed by atoms with Gasteiger partial charge < -0.3 is 14.5 Å². The van der Waals surface area contributed by atoms with E-state index in [0.717, 1.165) is 17.1 Å². The van der Waals surface area contributed by atoms with Crippen molar-refractivity contribution in [1.82, 2.24) is 29.9 Å². The van der Waals surface area contributed by atoms with Gasteiger partial charge >= 0.3 is 0 Å². The van der Waals surface area contributed by atoms with Crippen molar-refractivity contribution in [3.8, 4) is 5.75 Å². The first-order valence-corrected chi connectivity index (χ1v) is 8.85. The maximum Gasteiger partial charge on any atom is 0.260 e. The largest absolute Gasteiger partial charge is 0.484 e. The molecule has 27 heavy (non-hydrogen) atoms. The van der Waals surface area contributed by atoms with Crippen molar-refractivity contribution in [2.75, 3.05) is 37.7 Å². The molecule has 1 aliphatic rings. The molecule has 3 heterocycles. The van der Waals surface area contributed by atoms with Crippen molar-refractivity contribution in [3.63, 3.8) is 0 Å². The number of amides is 1. The van der Waals surface area contributed by atoms with Crippen LogP contribution in [0.15, 0.2) is 30.6 Å². The lowest BCUT2D eigenvalue weighted by Crippen LogP contribution is -2.50. The summed E-state index contributed by atoms with van der Waals surface area (Å²) >= 11 is 0. The van der Waals surface area contributed by atoms with E-state index in [2.05, 4.69) is 25.2 Å². The minimum absolute atomic E-state index is 0.00904. The molecule has 0 bridgehead atoms. The second-order valence-electron chi connectivity index (χ2n) is 6.50. The summed E-state index contributed by atoms with van der Waals surface area (Å²) in [5, 5.41) is 8.18. The molecule has 0 spiro atoms. The Hall–Kier alpha value is -3.23. The molecular formula is C18H21N7O2. The van der Waals surface area contributed by atoms with Crippen LogP contribution >= 0.6 is 0 Å². The molecule has 3 aromatic rings. The van der Waals surface area contributed by atoms with Gasteiger partial charge in [0.15, 0.2) is 23.6 Å². The summed E-state index contributed by atoms with van der Waals surface area (Å²) in [6, 6.07) is 7.69. The molecule has 0 unspecified atom stereocenters. The highest BCUT2D eigenvalue weighted by molar-refractivity contribution is 5.83. The SMILES string of the molecule is Cc1ccccc1OCC(=O)N1CCN(c2ncnc3c2nnn3C)CC1. The number of hydrogen-bond donors (Lipinski definition) is 0. The predicted octanol–water partition coefficient (Wildman–Crippen LogP) is 0.794. The van der Waals surface area contributed by atoms with Crippen molar-refractivity contribution >= 4 is 22.9 Å². The molecule has 140 valence electrons. The molecule has 0 atom stereocenters. The third-order valence-corrected chi connectivity index (χ3v) is 4.75. The second kappa shape index (κ2) is 7.18. The third-order valence-electron chi connectivity index (χ3n) is 4.75. The predicted molar refractivity (Wildman–Crippen MR) is 99.6 cm³/mol. The Morgan fingerprint density at radius 3 is 2.70 bits per heavy atom. The van der Waals surface area contributed by atoms with E-state index in [-0.39, 0.29) is 12.5 Å². The average Bonchev–Trinajstić information content (AvgIpc) is 3.08. The first-order chi connectivity index (χ1) is 13.1. The minimum Gasteiger partial charge on any atom is -0.484 e. The van der Waals surface area contributed by atoms with E-state index in [0.29, 0.717) is 37.3 Å². The molecular weight excluding hydrogens is 346 g/mol. The third kappa shape index (κ3) is 3.40. The number of nitrogens with zero attached hydrogens (tertiary/aromatic N) is 7. The van der Waals surface area contributed by atoms with Crippen LogP contribution in [-0.4, -0.2) is 68.6 Å². The highest BCUT2D eigenvalue weighted by Crippen LogP contribution is 2.21. The van der Waals surface area contributed by atoms with Gasteiger partial charge in [0.05, 0.1) is 0 Å². The number of piperazine rings is 1. The zero-order valence-corrected chi connectivity index (χ0v) is 15.4. The van der Waals surface area contributed by atoms with Crippen molar-refractivity contribution in [3.05, 3.63) is 36.2 Å². The van der Waals surface area contributed by atoms with Crippen molar-refractivity contribution < 1.29 is 9.53 Å². The monoisotopic (exact) mass is 367 g/mol. The van der Waals surface area contributed by atoms with Gasteiger partial charge in [-0.1, -0.05) is 23.4 Å². The number of carbonyl (C=O) groups is 1. The fraction of sp³-hybridized carbons (Fsp3) is 0.389. The summed E-state index contributed by atoms with van der Waals surface area (Å²) in [7, 11) is 1.80. The Morgan fingerprint density at radius 1 is 1.15 bits per heavy atom. The number of aromatic nitrogens is 5. The molecule has 9 heteroatoms. The van der Waals surface area contributed by atoms with Crippen molar-refractivity contribution in [2.45, 2.75) is 6.92 Å². The highest BCUT2D eigenvalue weighted by atomic mass is 16.5. The second-order valence-corrected chi connectivity index (χ2v) is 6.50. The number of para-hydroxylation sites is 1. The number of rotatable bonds is 4. The number of fused-ring (bicyclic) bond motifs is 1. The summed E-state index contributed by atoms with van der Waals surface area (Å²) in [5.74, 6) is 1.50. The van der Waals surface area contributed by atoms with Crippen LogP contribution in [0.2, 0.25) is 0 Å². The van der Waals surface area contributed by atoms with Crippen LogP contribution in [0, 0.1) is 6.92 Å². The number of ether oxygens (including phenoxy) is 1. The molecule has 1 amide bonds. The summed E-state index contributed by atoms with van der Waals surface area (Å²) < 4.78 is 7.31. The van der Waals surface area contributed by atoms with Gasteiger partial charge in [0.25, 0.3) is 5.91 Å². The fourth-order valence-corrected chi connectivity index (χ4v) is 3.19. The lowest BCUT2D eigenvalue weighted by molar-refractivity contribution is -0.133. The van der Waals surface area contributed by atoms with Crippen LogP contribution in [0.5, 0.6) is 5.75 Å². The van der Waals surface area contributed by atoms with Crippen LogP contribution in [0.3, 0.4) is 0 Å². The Balaban J connectivity index is 1.37. The van der Waals surface area contributed by atoms with Gasteiger partial charge in [-0.05, 0) is 18.6 Å². The van der Waals surface area contributed by atoms with Gasteiger partial charge in [-0.15, -0.1) is 5.10 Å². The molecule has 9 nitrogen and oxygen atoms in total. The first-order valence-electron chi connectivity index (χ1n) is 8.85. The fourth-order valence-electron chi connectivity index (χ4n) is 3.19. The Labute approximate surface area is 156 Å². The smallest absolute Gasteiger partial charge is 0.260 e. The maximum absolute atomic E-state index is 12.5. The van der Waals surface area contributed by atoms with E-state index in [1.807, 2.05) is 36.1 Å². The van der Waals surface area contributed by atoms with Gasteiger partial charge in [-0.25, -0.2) is 14.6 Å². The topological polar surface area (TPSA) is 89.3 Å². The summed E-state index contributed by atoms with van der Waals surface area (Å²) in [4.78, 5) is 25.0. The number of carbonyl (C=O) groups excluding carboxylic acids is 1. The van der Waals surface area contributed by atoms with E-state index in [1.54, 1.807) is 11.7 Å². The lowest BCUT2D eigenvalue weighted by Gasteiger charge is -2.35. The van der Waals surface area contributed by atoms with Crippen molar-refractivity contribution in [1.29, 1.82) is 0 Å². The summed E-state index contributed by atoms with van der Waals surface area (Å²) in [6.07, 6.45) is 1.52. The van der Waals surface area contributed by atoms with E-state index in [1.165, 1.54) is 6.33 Å². The molecule has 2 aromatic heterocycles.